The normalized spacial score (nSPS) is 11.6. The predicted molar refractivity (Wildman–Crippen MR) is 107 cm³/mol. The van der Waals surface area contributed by atoms with E-state index in [2.05, 4.69) is 5.32 Å². The topological polar surface area (TPSA) is 56.8 Å². The van der Waals surface area contributed by atoms with Crippen molar-refractivity contribution in [1.29, 1.82) is 0 Å². The van der Waals surface area contributed by atoms with Crippen molar-refractivity contribution < 1.29 is 19.0 Å². The van der Waals surface area contributed by atoms with Gasteiger partial charge in [0.1, 0.15) is 5.75 Å². The van der Waals surface area contributed by atoms with Gasteiger partial charge in [0.2, 0.25) is 0 Å². The van der Waals surface area contributed by atoms with E-state index in [9.17, 15) is 4.79 Å². The summed E-state index contributed by atoms with van der Waals surface area (Å²) in [6, 6.07) is 12.7. The Morgan fingerprint density at radius 2 is 1.78 bits per heavy atom. The molecule has 0 saturated heterocycles. The number of carbonyl (C=O) groups excluding carboxylic acids is 1. The Morgan fingerprint density at radius 3 is 2.44 bits per heavy atom. The summed E-state index contributed by atoms with van der Waals surface area (Å²) in [4.78, 5) is 12.5. The van der Waals surface area contributed by atoms with Crippen molar-refractivity contribution in [3.8, 4) is 17.2 Å². The van der Waals surface area contributed by atoms with Crippen LogP contribution in [0.4, 0.5) is 0 Å². The minimum Gasteiger partial charge on any atom is -0.490 e. The molecule has 1 N–H and O–H groups in total. The highest BCUT2D eigenvalue weighted by molar-refractivity contribution is 6.30. The fourth-order valence-corrected chi connectivity index (χ4v) is 2.72. The fourth-order valence-electron chi connectivity index (χ4n) is 2.54. The molecule has 0 heterocycles. The number of nitrogens with one attached hydrogen (secondary N) is 1. The summed E-state index contributed by atoms with van der Waals surface area (Å²) >= 11 is 5.97. The van der Waals surface area contributed by atoms with Crippen LogP contribution in [0.15, 0.2) is 42.5 Å². The fraction of sp³-hybridized carbons (Fsp3) is 0.381. The number of rotatable bonds is 10. The van der Waals surface area contributed by atoms with E-state index >= 15 is 0 Å². The maximum absolute atomic E-state index is 12.5. The van der Waals surface area contributed by atoms with Crippen LogP contribution in [0.2, 0.25) is 5.02 Å². The lowest BCUT2D eigenvalue weighted by Crippen LogP contribution is -2.37. The van der Waals surface area contributed by atoms with Gasteiger partial charge in [-0.1, -0.05) is 30.7 Å². The maximum Gasteiger partial charge on any atom is 0.261 e. The van der Waals surface area contributed by atoms with Crippen LogP contribution in [0.5, 0.6) is 17.2 Å². The first kappa shape index (κ1) is 20.9. The summed E-state index contributed by atoms with van der Waals surface area (Å²) in [5, 5.41) is 3.48. The first-order valence-electron chi connectivity index (χ1n) is 9.15. The van der Waals surface area contributed by atoms with Gasteiger partial charge in [0.15, 0.2) is 17.6 Å². The van der Waals surface area contributed by atoms with Gasteiger partial charge in [-0.3, -0.25) is 4.79 Å². The molecule has 1 amide bonds. The molecular formula is C21H26ClNO4. The third-order valence-corrected chi connectivity index (χ3v) is 4.05. The van der Waals surface area contributed by atoms with Crippen molar-refractivity contribution in [1.82, 2.24) is 5.32 Å². The van der Waals surface area contributed by atoms with E-state index in [1.807, 2.05) is 39.0 Å². The van der Waals surface area contributed by atoms with Crippen LogP contribution in [-0.2, 0) is 11.3 Å². The molecule has 27 heavy (non-hydrogen) atoms. The molecule has 6 heteroatoms. The molecule has 0 spiro atoms. The molecule has 1 unspecified atom stereocenters. The van der Waals surface area contributed by atoms with Gasteiger partial charge in [0.05, 0.1) is 13.2 Å². The molecule has 2 aromatic rings. The van der Waals surface area contributed by atoms with Gasteiger partial charge in [-0.05, 0) is 56.2 Å². The second-order valence-corrected chi connectivity index (χ2v) is 6.27. The Balaban J connectivity index is 1.99. The SMILES string of the molecule is CCOc1ccc(CNC(=O)C(CC)Oc2cccc(Cl)c2)cc1OCC. The van der Waals surface area contributed by atoms with Crippen molar-refractivity contribution in [2.75, 3.05) is 13.2 Å². The number of halogens is 1. The summed E-state index contributed by atoms with van der Waals surface area (Å²) in [6.07, 6.45) is -0.0382. The highest BCUT2D eigenvalue weighted by Crippen LogP contribution is 2.28. The van der Waals surface area contributed by atoms with Crippen LogP contribution >= 0.6 is 11.6 Å². The van der Waals surface area contributed by atoms with Gasteiger partial charge in [0.25, 0.3) is 5.91 Å². The zero-order valence-corrected chi connectivity index (χ0v) is 16.7. The van der Waals surface area contributed by atoms with Gasteiger partial charge in [0, 0.05) is 11.6 Å². The lowest BCUT2D eigenvalue weighted by atomic mass is 10.2. The Kier molecular flexibility index (Phi) is 8.27. The van der Waals surface area contributed by atoms with Crippen molar-refractivity contribution in [2.45, 2.75) is 39.8 Å². The lowest BCUT2D eigenvalue weighted by molar-refractivity contribution is -0.128. The zero-order valence-electron chi connectivity index (χ0n) is 16.0. The van der Waals surface area contributed by atoms with E-state index in [1.54, 1.807) is 24.3 Å². The van der Waals surface area contributed by atoms with Crippen LogP contribution in [0.3, 0.4) is 0 Å². The maximum atomic E-state index is 12.5. The third kappa shape index (κ3) is 6.36. The molecule has 2 aromatic carbocycles. The van der Waals surface area contributed by atoms with Crippen molar-refractivity contribution in [2.24, 2.45) is 0 Å². The van der Waals surface area contributed by atoms with Crippen LogP contribution in [-0.4, -0.2) is 25.2 Å². The van der Waals surface area contributed by atoms with E-state index in [0.717, 1.165) is 5.56 Å². The van der Waals surface area contributed by atoms with E-state index < -0.39 is 6.10 Å². The summed E-state index contributed by atoms with van der Waals surface area (Å²) in [5.74, 6) is 1.77. The molecule has 0 radical (unpaired) electrons. The average molecular weight is 392 g/mol. The Bertz CT molecular complexity index is 751. The summed E-state index contributed by atoms with van der Waals surface area (Å²) in [6.45, 7) is 7.23. The molecule has 5 nitrogen and oxygen atoms in total. The van der Waals surface area contributed by atoms with Gasteiger partial charge in [-0.2, -0.15) is 0 Å². The van der Waals surface area contributed by atoms with Crippen molar-refractivity contribution >= 4 is 17.5 Å². The highest BCUT2D eigenvalue weighted by Gasteiger charge is 2.18. The molecule has 0 aromatic heterocycles. The molecule has 0 fully saturated rings. The Labute approximate surface area is 165 Å². The van der Waals surface area contributed by atoms with Gasteiger partial charge >= 0.3 is 0 Å². The second kappa shape index (κ2) is 10.7. The third-order valence-electron chi connectivity index (χ3n) is 3.81. The first-order valence-corrected chi connectivity index (χ1v) is 9.53. The predicted octanol–water partition coefficient (Wildman–Crippen LogP) is 4.61. The second-order valence-electron chi connectivity index (χ2n) is 5.84. The van der Waals surface area contributed by atoms with Crippen LogP contribution in [0.25, 0.3) is 0 Å². The van der Waals surface area contributed by atoms with Gasteiger partial charge in [-0.15, -0.1) is 0 Å². The van der Waals surface area contributed by atoms with E-state index in [1.165, 1.54) is 0 Å². The average Bonchev–Trinajstić information content (AvgIpc) is 2.66. The number of carbonyl (C=O) groups is 1. The minimum atomic E-state index is -0.586. The molecule has 0 bridgehead atoms. The number of hydrogen-bond acceptors (Lipinski definition) is 4. The Hall–Kier alpha value is -2.40. The standard InChI is InChI=1S/C21H26ClNO4/c1-4-18(27-17-9-7-8-16(22)13-17)21(24)23-14-15-10-11-19(25-5-2)20(12-15)26-6-3/h7-13,18H,4-6,14H2,1-3H3,(H,23,24). The van der Waals surface area contributed by atoms with E-state index in [-0.39, 0.29) is 5.91 Å². The number of hydrogen-bond donors (Lipinski definition) is 1. The Morgan fingerprint density at radius 1 is 1.04 bits per heavy atom. The quantitative estimate of drug-likeness (QED) is 0.642. The molecule has 146 valence electrons. The number of benzene rings is 2. The molecule has 0 aliphatic carbocycles. The molecule has 0 aliphatic rings. The van der Waals surface area contributed by atoms with Crippen molar-refractivity contribution in [3.63, 3.8) is 0 Å². The number of ether oxygens (including phenoxy) is 3. The monoisotopic (exact) mass is 391 g/mol. The summed E-state index contributed by atoms with van der Waals surface area (Å²) in [5.41, 5.74) is 0.924. The highest BCUT2D eigenvalue weighted by atomic mass is 35.5. The van der Waals surface area contributed by atoms with E-state index in [0.29, 0.717) is 48.5 Å². The molecule has 2 rings (SSSR count). The van der Waals surface area contributed by atoms with Crippen molar-refractivity contribution in [3.05, 3.63) is 53.1 Å². The number of amides is 1. The summed E-state index contributed by atoms with van der Waals surface area (Å²) in [7, 11) is 0. The molecule has 0 aliphatic heterocycles. The van der Waals surface area contributed by atoms with Gasteiger partial charge in [-0.25, -0.2) is 0 Å². The molecular weight excluding hydrogens is 366 g/mol. The van der Waals surface area contributed by atoms with Crippen LogP contribution < -0.4 is 19.5 Å². The summed E-state index contributed by atoms with van der Waals surface area (Å²) < 4.78 is 16.9. The first-order chi connectivity index (χ1) is 13.1. The smallest absolute Gasteiger partial charge is 0.261 e. The largest absolute Gasteiger partial charge is 0.490 e. The van der Waals surface area contributed by atoms with Crippen LogP contribution in [0, 0.1) is 0 Å². The molecule has 1 atom stereocenters. The van der Waals surface area contributed by atoms with Crippen LogP contribution in [0.1, 0.15) is 32.8 Å². The van der Waals surface area contributed by atoms with E-state index in [4.69, 9.17) is 25.8 Å². The zero-order chi connectivity index (χ0) is 19.6. The van der Waals surface area contributed by atoms with Gasteiger partial charge < -0.3 is 19.5 Å². The lowest BCUT2D eigenvalue weighted by Gasteiger charge is -2.18. The molecule has 0 saturated carbocycles. The minimum absolute atomic E-state index is 0.177.